The van der Waals surface area contributed by atoms with Crippen molar-refractivity contribution in [3.8, 4) is 34.3 Å². The Morgan fingerprint density at radius 1 is 0.871 bits per heavy atom. The van der Waals surface area contributed by atoms with E-state index in [0.29, 0.717) is 5.56 Å². The fraction of sp³-hybridized carbons (Fsp3) is 0.286. The zero-order valence-corrected chi connectivity index (χ0v) is 16.0. The maximum absolute atomic E-state index is 10.3. The lowest BCUT2D eigenvalue weighted by Crippen LogP contribution is -2.60. The molecule has 0 spiro atoms. The Bertz CT molecular complexity index is 1080. The minimum atomic E-state index is -1.66. The van der Waals surface area contributed by atoms with Crippen molar-refractivity contribution < 1.29 is 49.6 Å². The summed E-state index contributed by atoms with van der Waals surface area (Å²) in [4.78, 5) is 0. The molecular weight excluding hydrogens is 412 g/mol. The van der Waals surface area contributed by atoms with Crippen molar-refractivity contribution in [3.63, 3.8) is 0 Å². The molecule has 4 rings (SSSR count). The normalized spacial score (nSPS) is 26.1. The van der Waals surface area contributed by atoms with E-state index >= 15 is 0 Å². The molecule has 0 radical (unpaired) electrons. The van der Waals surface area contributed by atoms with Gasteiger partial charge in [-0.3, -0.25) is 0 Å². The Morgan fingerprint density at radius 3 is 2.26 bits per heavy atom. The van der Waals surface area contributed by atoms with E-state index in [1.165, 1.54) is 36.4 Å². The summed E-state index contributed by atoms with van der Waals surface area (Å²) in [5, 5.41) is 69.4. The second-order valence-electron chi connectivity index (χ2n) is 7.18. The zero-order chi connectivity index (χ0) is 22.3. The van der Waals surface area contributed by atoms with E-state index in [-0.39, 0.29) is 39.7 Å². The number of aromatic hydroxyl groups is 3. The van der Waals surface area contributed by atoms with Gasteiger partial charge >= 0.3 is 11.3 Å². The Morgan fingerprint density at radius 2 is 1.58 bits per heavy atom. The highest BCUT2D eigenvalue weighted by Crippen LogP contribution is 2.40. The Balaban J connectivity index is 1.81. The van der Waals surface area contributed by atoms with Gasteiger partial charge < -0.3 is 45.2 Å². The first-order valence-electron chi connectivity index (χ1n) is 9.38. The van der Waals surface area contributed by atoms with Gasteiger partial charge in [0.05, 0.1) is 18.2 Å². The molecule has 1 aliphatic rings. The lowest BCUT2D eigenvalue weighted by molar-refractivity contribution is -0.277. The third-order valence-electron chi connectivity index (χ3n) is 5.04. The second kappa shape index (κ2) is 8.17. The van der Waals surface area contributed by atoms with Gasteiger partial charge in [-0.15, -0.1) is 0 Å². The highest BCUT2D eigenvalue weighted by molar-refractivity contribution is 5.88. The third-order valence-corrected chi connectivity index (χ3v) is 5.04. The number of rotatable bonds is 4. The molecule has 1 aliphatic heterocycles. The van der Waals surface area contributed by atoms with Crippen LogP contribution < -0.4 is 4.74 Å². The number of ether oxygens (including phenoxy) is 2. The summed E-state index contributed by atoms with van der Waals surface area (Å²) in [5.41, 5.74) is 0.573. The van der Waals surface area contributed by atoms with Gasteiger partial charge in [0.15, 0.2) is 0 Å². The molecule has 3 aromatic rings. The van der Waals surface area contributed by atoms with Crippen molar-refractivity contribution in [2.45, 2.75) is 30.7 Å². The second-order valence-corrected chi connectivity index (χ2v) is 7.18. The first-order chi connectivity index (χ1) is 14.8. The maximum Gasteiger partial charge on any atom is 0.402 e. The van der Waals surface area contributed by atoms with Crippen LogP contribution in [-0.2, 0) is 4.74 Å². The van der Waals surface area contributed by atoms with Gasteiger partial charge in [-0.2, -0.15) is 0 Å². The van der Waals surface area contributed by atoms with Gasteiger partial charge in [-0.05, 0) is 24.3 Å². The highest BCUT2D eigenvalue weighted by Gasteiger charge is 2.45. The molecule has 7 N–H and O–H groups in total. The summed E-state index contributed by atoms with van der Waals surface area (Å²) in [7, 11) is 0. The van der Waals surface area contributed by atoms with Crippen LogP contribution in [0.25, 0.3) is 22.3 Å². The molecular formula is C21H21O10+. The van der Waals surface area contributed by atoms with Crippen LogP contribution in [0.3, 0.4) is 0 Å². The van der Waals surface area contributed by atoms with Gasteiger partial charge in [-0.1, -0.05) is 0 Å². The van der Waals surface area contributed by atoms with Crippen molar-refractivity contribution >= 4 is 11.0 Å². The third kappa shape index (κ3) is 3.94. The predicted octanol–water partition coefficient (Wildman–Crippen LogP) is 0.676. The average molecular weight is 433 g/mol. The van der Waals surface area contributed by atoms with E-state index < -0.39 is 37.3 Å². The van der Waals surface area contributed by atoms with Gasteiger partial charge in [0, 0.05) is 12.1 Å². The lowest BCUT2D eigenvalue weighted by atomic mass is 9.99. The molecule has 2 heterocycles. The molecule has 0 amide bonds. The molecule has 31 heavy (non-hydrogen) atoms. The number of hydrogen-bond acceptors (Lipinski definition) is 9. The Labute approximate surface area is 175 Å². The van der Waals surface area contributed by atoms with Crippen LogP contribution in [0, 0.1) is 0 Å². The molecule has 2 aromatic carbocycles. The van der Waals surface area contributed by atoms with Crippen LogP contribution in [0.2, 0.25) is 0 Å². The van der Waals surface area contributed by atoms with Crippen LogP contribution in [0.5, 0.6) is 23.0 Å². The van der Waals surface area contributed by atoms with E-state index in [2.05, 4.69) is 0 Å². The molecule has 0 saturated carbocycles. The summed E-state index contributed by atoms with van der Waals surface area (Å²) >= 11 is 0. The maximum atomic E-state index is 10.3. The lowest BCUT2D eigenvalue weighted by Gasteiger charge is -2.39. The first-order valence-corrected chi connectivity index (χ1v) is 9.38. The molecule has 1 fully saturated rings. The molecule has 10 heteroatoms. The molecule has 1 aromatic heterocycles. The fourth-order valence-corrected chi connectivity index (χ4v) is 3.38. The number of phenolic OH excluding ortho intramolecular Hbond substituents is 3. The summed E-state index contributed by atoms with van der Waals surface area (Å²) in [5.74, 6) is -0.420. The van der Waals surface area contributed by atoms with Crippen molar-refractivity contribution in [2.24, 2.45) is 0 Å². The number of benzene rings is 2. The Kier molecular flexibility index (Phi) is 5.56. The van der Waals surface area contributed by atoms with Crippen molar-refractivity contribution in [2.75, 3.05) is 6.61 Å². The molecule has 164 valence electrons. The average Bonchev–Trinajstić information content (AvgIpc) is 2.74. The predicted molar refractivity (Wildman–Crippen MR) is 105 cm³/mol. The number of fused-ring (bicyclic) bond motifs is 1. The molecule has 10 nitrogen and oxygen atoms in total. The van der Waals surface area contributed by atoms with Crippen molar-refractivity contribution in [1.82, 2.24) is 0 Å². The van der Waals surface area contributed by atoms with E-state index in [0.717, 1.165) is 6.07 Å². The SMILES string of the molecule is OC[C@H]1O[C@@H](Oc2cc3c(O)cc(O)cc3[o+]c2-c2ccc(O)cc2)[C@H](O)[C@@H](O)[C@@H]1O. The molecule has 0 aliphatic carbocycles. The molecule has 1 saturated heterocycles. The smallest absolute Gasteiger partial charge is 0.402 e. The number of phenols is 3. The van der Waals surface area contributed by atoms with Gasteiger partial charge in [-0.25, -0.2) is 4.42 Å². The van der Waals surface area contributed by atoms with Crippen molar-refractivity contribution in [1.29, 1.82) is 0 Å². The standard InChI is InChI=1S/C21H20O10/c22-8-16-17(26)18(27)19(28)21(31-16)30-15-7-12-13(25)5-11(24)6-14(12)29-20(15)9-1-3-10(23)4-2-9/h1-7,16-19,21-22,26-28H,8H2,(H2-,23,24,25)/p+1/t16-,17-,18+,19-,21-/m1/s1. The van der Waals surface area contributed by atoms with Crippen LogP contribution in [0.4, 0.5) is 0 Å². The van der Waals surface area contributed by atoms with Gasteiger partial charge in [0.1, 0.15) is 47.1 Å². The molecule has 0 bridgehead atoms. The van der Waals surface area contributed by atoms with Crippen LogP contribution in [0.1, 0.15) is 0 Å². The highest BCUT2D eigenvalue weighted by atomic mass is 16.7. The van der Waals surface area contributed by atoms with E-state index in [1.54, 1.807) is 0 Å². The summed E-state index contributed by atoms with van der Waals surface area (Å²) in [6.45, 7) is -0.627. The number of hydrogen-bond donors (Lipinski definition) is 7. The number of aliphatic hydroxyl groups excluding tert-OH is 4. The first kappa shape index (κ1) is 21.1. The summed E-state index contributed by atoms with van der Waals surface area (Å²) < 4.78 is 17.0. The quantitative estimate of drug-likeness (QED) is 0.290. The summed E-state index contributed by atoms with van der Waals surface area (Å²) in [6, 6.07) is 9.66. The summed E-state index contributed by atoms with van der Waals surface area (Å²) in [6.07, 6.45) is -7.52. The largest absolute Gasteiger partial charge is 0.508 e. The van der Waals surface area contributed by atoms with Gasteiger partial charge in [0.2, 0.25) is 12.0 Å². The minimum absolute atomic E-state index is 0.0104. The van der Waals surface area contributed by atoms with Crippen LogP contribution >= 0.6 is 0 Å². The fourth-order valence-electron chi connectivity index (χ4n) is 3.38. The Hall–Kier alpha value is -3.15. The van der Waals surface area contributed by atoms with Crippen molar-refractivity contribution in [3.05, 3.63) is 42.5 Å². The molecule has 5 atom stereocenters. The number of aliphatic hydroxyl groups is 4. The topological polar surface area (TPSA) is 171 Å². The van der Waals surface area contributed by atoms with E-state index in [9.17, 15) is 35.7 Å². The monoisotopic (exact) mass is 433 g/mol. The van der Waals surface area contributed by atoms with E-state index in [1.807, 2.05) is 0 Å². The van der Waals surface area contributed by atoms with Crippen LogP contribution in [0.15, 0.2) is 46.9 Å². The van der Waals surface area contributed by atoms with Gasteiger partial charge in [0.25, 0.3) is 0 Å². The van der Waals surface area contributed by atoms with E-state index in [4.69, 9.17) is 13.9 Å². The zero-order valence-electron chi connectivity index (χ0n) is 16.0. The van der Waals surface area contributed by atoms with Crippen LogP contribution in [-0.4, -0.2) is 73.1 Å². The minimum Gasteiger partial charge on any atom is -0.508 e. The molecule has 0 unspecified atom stereocenters.